The highest BCUT2D eigenvalue weighted by Gasteiger charge is 2.11. The normalized spacial score (nSPS) is 13.6. The second-order valence-corrected chi connectivity index (χ2v) is 6.06. The predicted molar refractivity (Wildman–Crippen MR) is 95.4 cm³/mol. The first-order valence-corrected chi connectivity index (χ1v) is 8.00. The van der Waals surface area contributed by atoms with Crippen LogP contribution in [0.4, 0.5) is 5.69 Å². The standard InChI is InChI=1S/C19H23N3O/c1-13-9-14(2)11-17(10-13)22-19(20)21-7-5-15-3-4-18-16(12-15)6-8-23-18/h3-4,9-12H,5-8H2,1-2H3,(H3,20,21,22). The van der Waals surface area contributed by atoms with E-state index in [0.29, 0.717) is 12.5 Å². The lowest BCUT2D eigenvalue weighted by molar-refractivity contribution is 0.357. The number of guanidine groups is 1. The largest absolute Gasteiger partial charge is 0.493 e. The zero-order chi connectivity index (χ0) is 16.2. The zero-order valence-electron chi connectivity index (χ0n) is 13.7. The summed E-state index contributed by atoms with van der Waals surface area (Å²) in [4.78, 5) is 4.42. The molecule has 0 fully saturated rings. The highest BCUT2D eigenvalue weighted by Crippen LogP contribution is 2.25. The molecule has 4 nitrogen and oxygen atoms in total. The van der Waals surface area contributed by atoms with E-state index in [1.54, 1.807) is 0 Å². The minimum Gasteiger partial charge on any atom is -0.493 e. The van der Waals surface area contributed by atoms with E-state index in [2.05, 4.69) is 60.6 Å². The summed E-state index contributed by atoms with van der Waals surface area (Å²) in [5, 5.41) is 3.16. The Morgan fingerprint density at radius 1 is 1.17 bits per heavy atom. The van der Waals surface area contributed by atoms with Crippen LogP contribution in [0, 0.1) is 13.8 Å². The summed E-state index contributed by atoms with van der Waals surface area (Å²) in [6, 6.07) is 12.6. The summed E-state index contributed by atoms with van der Waals surface area (Å²) in [6.45, 7) is 5.61. The molecule has 0 saturated carbocycles. The third-order valence-electron chi connectivity index (χ3n) is 3.93. The first-order valence-electron chi connectivity index (χ1n) is 8.00. The van der Waals surface area contributed by atoms with Crippen molar-refractivity contribution in [3.63, 3.8) is 0 Å². The fourth-order valence-electron chi connectivity index (χ4n) is 2.94. The molecule has 1 aliphatic heterocycles. The van der Waals surface area contributed by atoms with E-state index in [9.17, 15) is 0 Å². The minimum atomic E-state index is 0.458. The van der Waals surface area contributed by atoms with Crippen molar-refractivity contribution in [2.45, 2.75) is 26.7 Å². The molecule has 1 heterocycles. The number of hydrogen-bond acceptors (Lipinski definition) is 2. The second kappa shape index (κ2) is 6.73. The molecule has 4 heteroatoms. The summed E-state index contributed by atoms with van der Waals surface area (Å²) in [5.74, 6) is 1.48. The molecule has 0 unspecified atom stereocenters. The first kappa shape index (κ1) is 15.4. The zero-order valence-corrected chi connectivity index (χ0v) is 13.7. The van der Waals surface area contributed by atoms with E-state index in [1.165, 1.54) is 22.3 Å². The molecule has 0 aliphatic carbocycles. The molecule has 23 heavy (non-hydrogen) atoms. The van der Waals surface area contributed by atoms with Crippen LogP contribution in [0.3, 0.4) is 0 Å². The van der Waals surface area contributed by atoms with Gasteiger partial charge in [0.25, 0.3) is 0 Å². The molecule has 1 aliphatic rings. The van der Waals surface area contributed by atoms with Crippen molar-refractivity contribution in [1.82, 2.24) is 0 Å². The number of benzene rings is 2. The van der Waals surface area contributed by atoms with Gasteiger partial charge in [-0.3, -0.25) is 4.99 Å². The topological polar surface area (TPSA) is 59.6 Å². The maximum absolute atomic E-state index is 5.98. The van der Waals surface area contributed by atoms with E-state index < -0.39 is 0 Å². The number of ether oxygens (including phenoxy) is 1. The number of nitrogens with one attached hydrogen (secondary N) is 1. The third-order valence-corrected chi connectivity index (χ3v) is 3.93. The Kier molecular flexibility index (Phi) is 4.51. The van der Waals surface area contributed by atoms with E-state index in [4.69, 9.17) is 10.5 Å². The fraction of sp³-hybridized carbons (Fsp3) is 0.316. The van der Waals surface area contributed by atoms with Gasteiger partial charge >= 0.3 is 0 Å². The van der Waals surface area contributed by atoms with Crippen molar-refractivity contribution in [2.24, 2.45) is 10.7 Å². The van der Waals surface area contributed by atoms with Crippen molar-refractivity contribution in [3.8, 4) is 5.75 Å². The Hall–Kier alpha value is -2.49. The fourth-order valence-corrected chi connectivity index (χ4v) is 2.94. The number of rotatable bonds is 4. The van der Waals surface area contributed by atoms with Crippen LogP contribution in [0.25, 0.3) is 0 Å². The molecular formula is C19H23N3O. The molecule has 3 rings (SSSR count). The van der Waals surface area contributed by atoms with Crippen molar-refractivity contribution in [2.75, 3.05) is 18.5 Å². The Morgan fingerprint density at radius 3 is 2.74 bits per heavy atom. The highest BCUT2D eigenvalue weighted by atomic mass is 16.5. The number of anilines is 1. The van der Waals surface area contributed by atoms with Crippen LogP contribution in [0.1, 0.15) is 22.3 Å². The molecule has 0 aromatic heterocycles. The summed E-state index contributed by atoms with van der Waals surface area (Å²) < 4.78 is 5.52. The average Bonchev–Trinajstić information content (AvgIpc) is 2.93. The maximum atomic E-state index is 5.98. The molecule has 0 atom stereocenters. The van der Waals surface area contributed by atoms with Gasteiger partial charge in [0.05, 0.1) is 6.61 Å². The molecule has 0 saturated heterocycles. The van der Waals surface area contributed by atoms with Gasteiger partial charge in [-0.05, 0) is 60.7 Å². The number of aryl methyl sites for hydroxylation is 2. The van der Waals surface area contributed by atoms with Crippen molar-refractivity contribution in [1.29, 1.82) is 0 Å². The van der Waals surface area contributed by atoms with Crippen LogP contribution in [0.5, 0.6) is 5.75 Å². The molecule has 2 aromatic carbocycles. The molecule has 0 radical (unpaired) electrons. The van der Waals surface area contributed by atoms with Crippen LogP contribution in [-0.4, -0.2) is 19.1 Å². The Labute approximate surface area is 137 Å². The Bertz CT molecular complexity index is 717. The van der Waals surface area contributed by atoms with E-state index in [1.807, 2.05) is 0 Å². The Balaban J connectivity index is 1.57. The summed E-state index contributed by atoms with van der Waals surface area (Å²) in [7, 11) is 0. The van der Waals surface area contributed by atoms with Gasteiger partial charge in [-0.1, -0.05) is 18.2 Å². The number of fused-ring (bicyclic) bond motifs is 1. The van der Waals surface area contributed by atoms with Gasteiger partial charge in [0.15, 0.2) is 5.96 Å². The number of aliphatic imine (C=N–C) groups is 1. The number of hydrogen-bond donors (Lipinski definition) is 2. The van der Waals surface area contributed by atoms with Crippen LogP contribution < -0.4 is 15.8 Å². The lowest BCUT2D eigenvalue weighted by atomic mass is 10.1. The SMILES string of the molecule is Cc1cc(C)cc(NC(N)=NCCc2ccc3c(c2)CCO3)c1. The number of nitrogens with zero attached hydrogens (tertiary/aromatic N) is 1. The first-order chi connectivity index (χ1) is 11.1. The van der Waals surface area contributed by atoms with Crippen molar-refractivity contribution < 1.29 is 4.74 Å². The van der Waals surface area contributed by atoms with Gasteiger partial charge < -0.3 is 15.8 Å². The second-order valence-electron chi connectivity index (χ2n) is 6.06. The number of nitrogens with two attached hydrogens (primary N) is 1. The summed E-state index contributed by atoms with van der Waals surface area (Å²) in [5.41, 5.74) is 12.0. The lowest BCUT2D eigenvalue weighted by Gasteiger charge is -2.08. The molecule has 0 bridgehead atoms. The quantitative estimate of drug-likeness (QED) is 0.673. The van der Waals surface area contributed by atoms with Crippen LogP contribution >= 0.6 is 0 Å². The molecule has 2 aromatic rings. The molecule has 0 amide bonds. The third kappa shape index (κ3) is 4.03. The molecule has 3 N–H and O–H groups in total. The van der Waals surface area contributed by atoms with Gasteiger partial charge in [-0.25, -0.2) is 0 Å². The average molecular weight is 309 g/mol. The van der Waals surface area contributed by atoms with Gasteiger partial charge in [0, 0.05) is 18.7 Å². The van der Waals surface area contributed by atoms with Crippen LogP contribution in [0.15, 0.2) is 41.4 Å². The van der Waals surface area contributed by atoms with Crippen molar-refractivity contribution in [3.05, 3.63) is 58.7 Å². The van der Waals surface area contributed by atoms with E-state index in [0.717, 1.165) is 30.9 Å². The smallest absolute Gasteiger partial charge is 0.193 e. The van der Waals surface area contributed by atoms with Gasteiger partial charge in [-0.15, -0.1) is 0 Å². The predicted octanol–water partition coefficient (Wildman–Crippen LogP) is 3.21. The Morgan fingerprint density at radius 2 is 1.96 bits per heavy atom. The van der Waals surface area contributed by atoms with Gasteiger partial charge in [0.1, 0.15) is 5.75 Å². The molecular weight excluding hydrogens is 286 g/mol. The van der Waals surface area contributed by atoms with Gasteiger partial charge in [0.2, 0.25) is 0 Å². The molecule has 0 spiro atoms. The van der Waals surface area contributed by atoms with Crippen LogP contribution in [0.2, 0.25) is 0 Å². The lowest BCUT2D eigenvalue weighted by Crippen LogP contribution is -2.23. The summed E-state index contributed by atoms with van der Waals surface area (Å²) in [6.07, 6.45) is 1.88. The monoisotopic (exact) mass is 309 g/mol. The van der Waals surface area contributed by atoms with Gasteiger partial charge in [-0.2, -0.15) is 0 Å². The summed E-state index contributed by atoms with van der Waals surface area (Å²) >= 11 is 0. The minimum absolute atomic E-state index is 0.458. The van der Waals surface area contributed by atoms with E-state index in [-0.39, 0.29) is 0 Å². The highest BCUT2D eigenvalue weighted by molar-refractivity contribution is 5.92. The van der Waals surface area contributed by atoms with E-state index >= 15 is 0 Å². The maximum Gasteiger partial charge on any atom is 0.193 e. The molecule has 120 valence electrons. The van der Waals surface area contributed by atoms with Crippen LogP contribution in [-0.2, 0) is 12.8 Å². The van der Waals surface area contributed by atoms with Crippen molar-refractivity contribution >= 4 is 11.6 Å².